The summed E-state index contributed by atoms with van der Waals surface area (Å²) in [5.41, 5.74) is 1.32. The topological polar surface area (TPSA) is 75.5 Å². The quantitative estimate of drug-likeness (QED) is 0.523. The Bertz CT molecular complexity index is 1200. The molecule has 0 unspecified atom stereocenters. The van der Waals surface area contributed by atoms with Crippen LogP contribution < -0.4 is 25.4 Å². The lowest BCUT2D eigenvalue weighted by molar-refractivity contribution is -0.116. The average molecular weight is 531 g/mol. The number of carbonyl (C=O) groups is 1. The molecule has 0 fully saturated rings. The number of rotatable bonds is 8. The van der Waals surface area contributed by atoms with Crippen molar-refractivity contribution in [1.82, 2.24) is 10.3 Å². The van der Waals surface area contributed by atoms with Crippen molar-refractivity contribution in [3.63, 3.8) is 0 Å². The van der Waals surface area contributed by atoms with Gasteiger partial charge >= 0.3 is 0 Å². The Morgan fingerprint density at radius 3 is 2.76 bits per heavy atom. The first-order valence-electron chi connectivity index (χ1n) is 11.1. The predicted molar refractivity (Wildman–Crippen MR) is 135 cm³/mol. The van der Waals surface area contributed by atoms with Gasteiger partial charge in [-0.2, -0.15) is 0 Å². The van der Waals surface area contributed by atoms with Crippen LogP contribution in [0.2, 0.25) is 0 Å². The molecule has 2 aliphatic rings. The van der Waals surface area contributed by atoms with Gasteiger partial charge in [0.15, 0.2) is 22.8 Å². The Kier molecular flexibility index (Phi) is 7.60. The van der Waals surface area contributed by atoms with E-state index in [-0.39, 0.29) is 5.91 Å². The predicted octanol–water partition coefficient (Wildman–Crippen LogP) is 3.92. The van der Waals surface area contributed by atoms with Gasteiger partial charge in [0, 0.05) is 21.0 Å². The number of unbranched alkanes of at least 4 members (excludes halogenated alkanes) is 2. The van der Waals surface area contributed by atoms with Crippen molar-refractivity contribution in [3.8, 4) is 11.5 Å². The van der Waals surface area contributed by atoms with Gasteiger partial charge in [-0.25, -0.2) is 5.01 Å². The van der Waals surface area contributed by atoms with Crippen molar-refractivity contribution in [2.45, 2.75) is 39.3 Å². The number of hydrogen-bond acceptors (Lipinski definition) is 7. The number of ether oxygens (including phenoxy) is 2. The molecular formula is C24H27BrN4O3S. The van der Waals surface area contributed by atoms with Crippen LogP contribution >= 0.6 is 27.7 Å². The van der Waals surface area contributed by atoms with Crippen molar-refractivity contribution in [2.24, 2.45) is 10.1 Å². The smallest absolute Gasteiger partial charge is 0.276 e. The summed E-state index contributed by atoms with van der Waals surface area (Å²) < 4.78 is 12.1. The van der Waals surface area contributed by atoms with Crippen LogP contribution in [0, 0.1) is 0 Å². The molecule has 33 heavy (non-hydrogen) atoms. The molecule has 0 saturated carbocycles. The third kappa shape index (κ3) is 4.89. The van der Waals surface area contributed by atoms with E-state index < -0.39 is 6.17 Å². The number of nitrogens with zero attached hydrogens (tertiary/aromatic N) is 3. The Balaban J connectivity index is 1.82. The number of benzene rings is 2. The van der Waals surface area contributed by atoms with Crippen LogP contribution in [0.1, 0.15) is 44.8 Å². The zero-order chi connectivity index (χ0) is 23.4. The van der Waals surface area contributed by atoms with Crippen molar-refractivity contribution in [2.75, 3.05) is 19.5 Å². The van der Waals surface area contributed by atoms with Gasteiger partial charge in [-0.3, -0.25) is 15.1 Å². The second kappa shape index (κ2) is 10.6. The van der Waals surface area contributed by atoms with Crippen LogP contribution in [0.5, 0.6) is 11.5 Å². The first-order chi connectivity index (χ1) is 16.1. The van der Waals surface area contributed by atoms with E-state index in [1.165, 1.54) is 0 Å². The second-order valence-electron chi connectivity index (χ2n) is 7.59. The lowest BCUT2D eigenvalue weighted by Gasteiger charge is -2.34. The van der Waals surface area contributed by atoms with E-state index in [2.05, 4.69) is 28.2 Å². The van der Waals surface area contributed by atoms with Crippen LogP contribution in [0.15, 0.2) is 51.0 Å². The lowest BCUT2D eigenvalue weighted by Crippen LogP contribution is -2.50. The summed E-state index contributed by atoms with van der Waals surface area (Å²) in [7, 11) is 1.61. The third-order valence-corrected chi connectivity index (χ3v) is 7.00. The minimum absolute atomic E-state index is 0.176. The Morgan fingerprint density at radius 2 is 2.00 bits per heavy atom. The van der Waals surface area contributed by atoms with Crippen LogP contribution in [-0.2, 0) is 4.79 Å². The average Bonchev–Trinajstić information content (AvgIpc) is 2.82. The highest BCUT2D eigenvalue weighted by molar-refractivity contribution is 9.10. The van der Waals surface area contributed by atoms with Crippen LogP contribution in [0.3, 0.4) is 0 Å². The van der Waals surface area contributed by atoms with Crippen molar-refractivity contribution in [1.29, 1.82) is 0 Å². The molecule has 1 N–H and O–H groups in total. The maximum Gasteiger partial charge on any atom is 0.276 e. The second-order valence-corrected chi connectivity index (χ2v) is 9.52. The zero-order valence-electron chi connectivity index (χ0n) is 18.9. The number of thioether (sulfide) groups is 1. The van der Waals surface area contributed by atoms with Gasteiger partial charge in [0.1, 0.15) is 5.70 Å². The summed E-state index contributed by atoms with van der Waals surface area (Å²) in [6.07, 6.45) is 2.84. The fourth-order valence-electron chi connectivity index (χ4n) is 3.79. The van der Waals surface area contributed by atoms with Gasteiger partial charge in [0.05, 0.1) is 19.1 Å². The minimum atomic E-state index is -0.535. The molecule has 0 aliphatic carbocycles. The van der Waals surface area contributed by atoms with E-state index in [1.807, 2.05) is 43.3 Å². The number of amides is 1. The first kappa shape index (κ1) is 23.6. The first-order valence-corrected chi connectivity index (χ1v) is 12.8. The van der Waals surface area contributed by atoms with Gasteiger partial charge in [-0.05, 0) is 31.5 Å². The maximum absolute atomic E-state index is 13.2. The van der Waals surface area contributed by atoms with Crippen LogP contribution in [-0.4, -0.2) is 35.6 Å². The van der Waals surface area contributed by atoms with E-state index >= 15 is 0 Å². The van der Waals surface area contributed by atoms with Crippen molar-refractivity contribution >= 4 is 44.5 Å². The number of amidine groups is 1. The summed E-state index contributed by atoms with van der Waals surface area (Å²) in [6, 6.07) is 11.4. The van der Waals surface area contributed by atoms with Crippen LogP contribution in [0.25, 0.3) is 5.70 Å². The molecule has 2 heterocycles. The minimum Gasteiger partial charge on any atom is -0.493 e. The molecule has 0 radical (unpaired) electrons. The van der Waals surface area contributed by atoms with E-state index in [0.29, 0.717) is 29.0 Å². The molecule has 1 atom stereocenters. The molecule has 0 spiro atoms. The van der Waals surface area contributed by atoms with Crippen molar-refractivity contribution in [3.05, 3.63) is 57.0 Å². The number of para-hydroxylation sites is 1. The Hall–Kier alpha value is -2.52. The number of halogens is 1. The van der Waals surface area contributed by atoms with Gasteiger partial charge < -0.3 is 9.47 Å². The van der Waals surface area contributed by atoms with Crippen molar-refractivity contribution < 1.29 is 14.3 Å². The standard InChI is InChI=1S/C24H27BrN4O3S/c1-4-6-9-12-33-24-27-23(30)21-15-10-7-8-11-18(15)26-22(29(21)28-24)16-13-20(32-5-2)19(31-3)14-17(16)25/h7-8,10-11,13-14,22H,4-6,9,12H2,1-3H3,(H,27,28,30)/t22-/m1/s1. The molecule has 2 aliphatic heterocycles. The maximum atomic E-state index is 13.2. The molecule has 2 aromatic carbocycles. The molecule has 9 heteroatoms. The highest BCUT2D eigenvalue weighted by Gasteiger charge is 2.35. The fraction of sp³-hybridized carbons (Fsp3) is 0.375. The molecule has 1 amide bonds. The van der Waals surface area contributed by atoms with E-state index in [9.17, 15) is 4.79 Å². The SMILES string of the molecule is CCCCCSC1=NN2C(=c3ccccc3=N[C@H]2c2cc(OCC)c(OC)cc2Br)C(=O)N1. The summed E-state index contributed by atoms with van der Waals surface area (Å²) in [5.74, 6) is 1.97. The highest BCUT2D eigenvalue weighted by Crippen LogP contribution is 2.40. The molecule has 7 nitrogen and oxygen atoms in total. The largest absolute Gasteiger partial charge is 0.493 e. The Morgan fingerprint density at radius 1 is 1.18 bits per heavy atom. The fourth-order valence-corrected chi connectivity index (χ4v) is 5.17. The highest BCUT2D eigenvalue weighted by atomic mass is 79.9. The van der Waals surface area contributed by atoms with Crippen LogP contribution in [0.4, 0.5) is 0 Å². The summed E-state index contributed by atoms with van der Waals surface area (Å²) in [5, 5.41) is 11.6. The molecular weight excluding hydrogens is 504 g/mol. The third-order valence-electron chi connectivity index (χ3n) is 5.36. The zero-order valence-corrected chi connectivity index (χ0v) is 21.3. The molecule has 0 bridgehead atoms. The van der Waals surface area contributed by atoms with E-state index in [1.54, 1.807) is 23.9 Å². The molecule has 2 aromatic rings. The summed E-state index contributed by atoms with van der Waals surface area (Å²) >= 11 is 5.23. The monoisotopic (exact) mass is 530 g/mol. The molecule has 0 aromatic heterocycles. The normalized spacial score (nSPS) is 16.9. The number of hydrazone groups is 1. The van der Waals surface area contributed by atoms with Gasteiger partial charge in [0.2, 0.25) is 0 Å². The molecule has 4 rings (SSSR count). The lowest BCUT2D eigenvalue weighted by atomic mass is 10.1. The number of hydrogen-bond donors (Lipinski definition) is 1. The number of fused-ring (bicyclic) bond motifs is 2. The summed E-state index contributed by atoms with van der Waals surface area (Å²) in [6.45, 7) is 4.60. The Labute approximate surface area is 206 Å². The van der Waals surface area contributed by atoms with Gasteiger partial charge in [0.25, 0.3) is 5.91 Å². The van der Waals surface area contributed by atoms with Gasteiger partial charge in [-0.1, -0.05) is 65.7 Å². The number of nitrogens with one attached hydrogen (secondary N) is 1. The molecule has 174 valence electrons. The molecule has 0 saturated heterocycles. The van der Waals surface area contributed by atoms with E-state index in [0.717, 1.165) is 45.6 Å². The van der Waals surface area contributed by atoms with E-state index in [4.69, 9.17) is 19.6 Å². The number of methoxy groups -OCH3 is 1. The number of carbonyl (C=O) groups excluding carboxylic acids is 1. The van der Waals surface area contributed by atoms with Gasteiger partial charge in [-0.15, -0.1) is 5.10 Å². The summed E-state index contributed by atoms with van der Waals surface area (Å²) in [4.78, 5) is 18.2.